The van der Waals surface area contributed by atoms with Crippen LogP contribution in [0.3, 0.4) is 0 Å². The maximum absolute atomic E-state index is 6.27. The summed E-state index contributed by atoms with van der Waals surface area (Å²) in [4.78, 5) is 2.46. The monoisotopic (exact) mass is 332 g/mol. The molecule has 0 unspecified atom stereocenters. The van der Waals surface area contributed by atoms with Crippen LogP contribution in [0, 0.1) is 0 Å². The summed E-state index contributed by atoms with van der Waals surface area (Å²) in [6.07, 6.45) is 0.974. The molecule has 1 aromatic rings. The molecule has 0 aromatic heterocycles. The molecule has 0 spiro atoms. The van der Waals surface area contributed by atoms with Gasteiger partial charge >= 0.3 is 0 Å². The number of hydrogen-bond acceptors (Lipinski definition) is 3. The molecule has 1 fully saturated rings. The van der Waals surface area contributed by atoms with Crippen molar-refractivity contribution in [2.75, 3.05) is 39.8 Å². The molecule has 1 aliphatic rings. The summed E-state index contributed by atoms with van der Waals surface area (Å²) in [5.74, 6) is 0.783. The van der Waals surface area contributed by atoms with Crippen molar-refractivity contribution < 1.29 is 4.74 Å². The molecule has 0 bridgehead atoms. The van der Waals surface area contributed by atoms with Gasteiger partial charge in [0.1, 0.15) is 5.75 Å². The molecule has 3 nitrogen and oxygen atoms in total. The number of piperazine rings is 1. The van der Waals surface area contributed by atoms with Crippen LogP contribution in [0.15, 0.2) is 16.6 Å². The van der Waals surface area contributed by atoms with Crippen LogP contribution in [0.1, 0.15) is 5.56 Å². The minimum atomic E-state index is 0.783. The predicted octanol–water partition coefficient (Wildman–Crippen LogP) is 2.56. The largest absolute Gasteiger partial charge is 0.496 e. The number of methoxy groups -OCH3 is 1. The summed E-state index contributed by atoms with van der Waals surface area (Å²) in [6, 6.07) is 3.93. The summed E-state index contributed by atoms with van der Waals surface area (Å²) < 4.78 is 6.19. The fourth-order valence-electron chi connectivity index (χ4n) is 2.13. The van der Waals surface area contributed by atoms with Crippen LogP contribution in [0.5, 0.6) is 5.75 Å². The average Bonchev–Trinajstić information content (AvgIpc) is 2.40. The fourth-order valence-corrected chi connectivity index (χ4v) is 2.93. The topological polar surface area (TPSA) is 24.5 Å². The average molecular weight is 334 g/mol. The summed E-state index contributed by atoms with van der Waals surface area (Å²) in [5, 5.41) is 4.14. The standard InChI is InChI=1S/C13H18BrClN2O/c1-18-13-9-12(15)10(8-11(13)14)2-5-17-6-3-16-4-7-17/h8-9,16H,2-7H2,1H3. The first-order valence-corrected chi connectivity index (χ1v) is 7.33. The Morgan fingerprint density at radius 2 is 2.11 bits per heavy atom. The summed E-state index contributed by atoms with van der Waals surface area (Å²) in [6.45, 7) is 5.46. The zero-order valence-corrected chi connectivity index (χ0v) is 12.9. The molecule has 1 heterocycles. The van der Waals surface area contributed by atoms with Gasteiger partial charge in [0.15, 0.2) is 0 Å². The number of ether oxygens (including phenoxy) is 1. The predicted molar refractivity (Wildman–Crippen MR) is 78.7 cm³/mol. The first-order valence-electron chi connectivity index (χ1n) is 6.15. The van der Waals surface area contributed by atoms with Crippen molar-refractivity contribution >= 4 is 27.5 Å². The second kappa shape index (κ2) is 6.75. The molecule has 5 heteroatoms. The van der Waals surface area contributed by atoms with E-state index in [0.29, 0.717) is 0 Å². The number of rotatable bonds is 4. The zero-order chi connectivity index (χ0) is 13.0. The van der Waals surface area contributed by atoms with E-state index in [2.05, 4.69) is 32.2 Å². The molecular formula is C13H18BrClN2O. The van der Waals surface area contributed by atoms with E-state index in [4.69, 9.17) is 16.3 Å². The van der Waals surface area contributed by atoms with Gasteiger partial charge in [0.2, 0.25) is 0 Å². The fraction of sp³-hybridized carbons (Fsp3) is 0.538. The minimum absolute atomic E-state index is 0.783. The highest BCUT2D eigenvalue weighted by Crippen LogP contribution is 2.31. The number of nitrogens with one attached hydrogen (secondary N) is 1. The molecule has 0 saturated carbocycles. The molecule has 0 radical (unpaired) electrons. The molecule has 0 amide bonds. The van der Waals surface area contributed by atoms with Crippen LogP contribution in [0.2, 0.25) is 5.02 Å². The highest BCUT2D eigenvalue weighted by molar-refractivity contribution is 9.10. The first-order chi connectivity index (χ1) is 8.70. The molecular weight excluding hydrogens is 316 g/mol. The Balaban J connectivity index is 1.98. The molecule has 1 N–H and O–H groups in total. The third-order valence-corrected chi connectivity index (χ3v) is 4.20. The maximum Gasteiger partial charge on any atom is 0.134 e. The van der Waals surface area contributed by atoms with E-state index in [-0.39, 0.29) is 0 Å². The van der Waals surface area contributed by atoms with E-state index < -0.39 is 0 Å². The van der Waals surface area contributed by atoms with Crippen LogP contribution in [-0.2, 0) is 6.42 Å². The van der Waals surface area contributed by atoms with E-state index in [0.717, 1.165) is 54.4 Å². The quantitative estimate of drug-likeness (QED) is 0.916. The van der Waals surface area contributed by atoms with Crippen molar-refractivity contribution in [3.05, 3.63) is 27.2 Å². The maximum atomic E-state index is 6.27. The van der Waals surface area contributed by atoms with Crippen LogP contribution >= 0.6 is 27.5 Å². The molecule has 1 aromatic carbocycles. The van der Waals surface area contributed by atoms with Crippen molar-refractivity contribution in [1.82, 2.24) is 10.2 Å². The summed E-state index contributed by atoms with van der Waals surface area (Å²) in [7, 11) is 1.65. The summed E-state index contributed by atoms with van der Waals surface area (Å²) >= 11 is 9.77. The second-order valence-electron chi connectivity index (χ2n) is 4.42. The van der Waals surface area contributed by atoms with Gasteiger partial charge in [-0.25, -0.2) is 0 Å². The van der Waals surface area contributed by atoms with Crippen molar-refractivity contribution in [2.45, 2.75) is 6.42 Å². The van der Waals surface area contributed by atoms with Gasteiger partial charge in [0, 0.05) is 43.8 Å². The molecule has 0 atom stereocenters. The van der Waals surface area contributed by atoms with Gasteiger partial charge < -0.3 is 15.0 Å². The second-order valence-corrected chi connectivity index (χ2v) is 5.68. The van der Waals surface area contributed by atoms with Gasteiger partial charge in [-0.3, -0.25) is 0 Å². The van der Waals surface area contributed by atoms with Gasteiger partial charge in [-0.05, 0) is 34.0 Å². The third-order valence-electron chi connectivity index (χ3n) is 3.23. The van der Waals surface area contributed by atoms with Gasteiger partial charge in [-0.15, -0.1) is 0 Å². The Morgan fingerprint density at radius 3 is 2.78 bits per heavy atom. The van der Waals surface area contributed by atoms with E-state index >= 15 is 0 Å². The van der Waals surface area contributed by atoms with Crippen molar-refractivity contribution in [3.63, 3.8) is 0 Å². The minimum Gasteiger partial charge on any atom is -0.496 e. The SMILES string of the molecule is COc1cc(Cl)c(CCN2CCNCC2)cc1Br. The Morgan fingerprint density at radius 1 is 1.39 bits per heavy atom. The Hall–Kier alpha value is -0.290. The van der Waals surface area contributed by atoms with Gasteiger partial charge in [-0.2, -0.15) is 0 Å². The van der Waals surface area contributed by atoms with Crippen LogP contribution in [0.4, 0.5) is 0 Å². The van der Waals surface area contributed by atoms with Gasteiger partial charge in [-0.1, -0.05) is 11.6 Å². The van der Waals surface area contributed by atoms with Crippen molar-refractivity contribution in [3.8, 4) is 5.75 Å². The van der Waals surface area contributed by atoms with E-state index in [1.165, 1.54) is 5.56 Å². The molecule has 2 rings (SSSR count). The first kappa shape index (κ1) is 14.1. The molecule has 100 valence electrons. The van der Waals surface area contributed by atoms with Crippen LogP contribution in [-0.4, -0.2) is 44.7 Å². The lowest BCUT2D eigenvalue weighted by molar-refractivity contribution is 0.244. The van der Waals surface area contributed by atoms with Crippen molar-refractivity contribution in [2.24, 2.45) is 0 Å². The van der Waals surface area contributed by atoms with Crippen molar-refractivity contribution in [1.29, 1.82) is 0 Å². The lowest BCUT2D eigenvalue weighted by Crippen LogP contribution is -2.44. The molecule has 0 aliphatic carbocycles. The van der Waals surface area contributed by atoms with E-state index in [1.54, 1.807) is 7.11 Å². The number of benzene rings is 1. The highest BCUT2D eigenvalue weighted by atomic mass is 79.9. The zero-order valence-electron chi connectivity index (χ0n) is 10.5. The van der Waals surface area contributed by atoms with E-state index in [9.17, 15) is 0 Å². The number of nitrogens with zero attached hydrogens (tertiary/aromatic N) is 1. The number of hydrogen-bond donors (Lipinski definition) is 1. The Bertz CT molecular complexity index is 408. The lowest BCUT2D eigenvalue weighted by atomic mass is 10.1. The Labute approximate surface area is 122 Å². The number of halogens is 2. The van der Waals surface area contributed by atoms with Crippen LogP contribution in [0.25, 0.3) is 0 Å². The molecule has 18 heavy (non-hydrogen) atoms. The molecule has 1 aliphatic heterocycles. The smallest absolute Gasteiger partial charge is 0.134 e. The van der Waals surface area contributed by atoms with Crippen LogP contribution < -0.4 is 10.1 Å². The normalized spacial score (nSPS) is 16.8. The third kappa shape index (κ3) is 3.60. The van der Waals surface area contributed by atoms with E-state index in [1.807, 2.05) is 6.07 Å². The molecule has 1 saturated heterocycles. The van der Waals surface area contributed by atoms with Gasteiger partial charge in [0.25, 0.3) is 0 Å². The lowest BCUT2D eigenvalue weighted by Gasteiger charge is -2.27. The highest BCUT2D eigenvalue weighted by Gasteiger charge is 2.12. The summed E-state index contributed by atoms with van der Waals surface area (Å²) in [5.41, 5.74) is 1.17. The Kier molecular flexibility index (Phi) is 5.30. The van der Waals surface area contributed by atoms with Gasteiger partial charge in [0.05, 0.1) is 11.6 Å².